The van der Waals surface area contributed by atoms with Crippen LogP contribution in [0.4, 0.5) is 4.39 Å². The summed E-state index contributed by atoms with van der Waals surface area (Å²) in [6.45, 7) is 3.96. The van der Waals surface area contributed by atoms with Crippen LogP contribution in [-0.4, -0.2) is 21.4 Å². The topological polar surface area (TPSA) is 76.3 Å². The van der Waals surface area contributed by atoms with Crippen molar-refractivity contribution in [2.24, 2.45) is 5.10 Å². The van der Waals surface area contributed by atoms with Gasteiger partial charge in [0, 0.05) is 17.5 Å². The van der Waals surface area contributed by atoms with Crippen LogP contribution in [0.3, 0.4) is 0 Å². The molecule has 1 heterocycles. The quantitative estimate of drug-likeness (QED) is 0.523. The van der Waals surface area contributed by atoms with Crippen molar-refractivity contribution in [3.63, 3.8) is 0 Å². The molecule has 0 fully saturated rings. The highest BCUT2D eigenvalue weighted by atomic mass is 35.5. The van der Waals surface area contributed by atoms with E-state index in [1.54, 1.807) is 31.2 Å². The molecule has 1 N–H and O–H groups in total. The summed E-state index contributed by atoms with van der Waals surface area (Å²) in [5.41, 5.74) is 3.20. The zero-order valence-electron chi connectivity index (χ0n) is 15.4. The lowest BCUT2D eigenvalue weighted by molar-refractivity contribution is 0.0949. The van der Waals surface area contributed by atoms with Gasteiger partial charge < -0.3 is 0 Å². The normalized spacial score (nSPS) is 11.6. The molecule has 6 nitrogen and oxygen atoms in total. The van der Waals surface area contributed by atoms with Gasteiger partial charge >= 0.3 is 0 Å². The van der Waals surface area contributed by atoms with E-state index in [1.165, 1.54) is 22.9 Å². The van der Waals surface area contributed by atoms with Crippen LogP contribution in [0.5, 0.6) is 0 Å². The molecule has 0 radical (unpaired) electrons. The Kier molecular flexibility index (Phi) is 5.84. The molecule has 1 amide bonds. The molecule has 0 saturated heterocycles. The highest BCUT2D eigenvalue weighted by molar-refractivity contribution is 6.34. The van der Waals surface area contributed by atoms with Gasteiger partial charge in [-0.3, -0.25) is 9.59 Å². The molecule has 2 aromatic carbocycles. The second-order valence-electron chi connectivity index (χ2n) is 6.18. The van der Waals surface area contributed by atoms with E-state index in [0.29, 0.717) is 35.0 Å². The fourth-order valence-electron chi connectivity index (χ4n) is 2.80. The second-order valence-corrected chi connectivity index (χ2v) is 6.59. The Balaban J connectivity index is 1.97. The summed E-state index contributed by atoms with van der Waals surface area (Å²) in [7, 11) is 0. The van der Waals surface area contributed by atoms with Crippen molar-refractivity contribution < 1.29 is 9.18 Å². The molecule has 0 aliphatic carbocycles. The number of fused-ring (bicyclic) bond motifs is 1. The first-order valence-corrected chi connectivity index (χ1v) is 9.10. The second kappa shape index (κ2) is 8.31. The van der Waals surface area contributed by atoms with E-state index in [2.05, 4.69) is 15.6 Å². The van der Waals surface area contributed by atoms with Gasteiger partial charge in [-0.1, -0.05) is 36.7 Å². The molecule has 8 heteroatoms. The van der Waals surface area contributed by atoms with E-state index in [1.807, 2.05) is 6.92 Å². The average Bonchev–Trinajstić information content (AvgIpc) is 2.68. The number of aromatic nitrogens is 2. The molecule has 1 aromatic heterocycles. The van der Waals surface area contributed by atoms with Crippen molar-refractivity contribution in [1.29, 1.82) is 0 Å². The van der Waals surface area contributed by atoms with Crippen LogP contribution in [0.15, 0.2) is 52.4 Å². The van der Waals surface area contributed by atoms with Gasteiger partial charge in [0.25, 0.3) is 11.5 Å². The van der Waals surface area contributed by atoms with Gasteiger partial charge in [0.15, 0.2) is 5.69 Å². The third kappa shape index (κ3) is 3.94. The highest BCUT2D eigenvalue weighted by Gasteiger charge is 2.16. The molecule has 0 atom stereocenters. The minimum absolute atomic E-state index is 0.102. The zero-order chi connectivity index (χ0) is 20.3. The van der Waals surface area contributed by atoms with Crippen LogP contribution < -0.4 is 11.0 Å². The Labute approximate surface area is 165 Å². The Morgan fingerprint density at radius 3 is 2.64 bits per heavy atom. The molecule has 144 valence electrons. The Hall–Kier alpha value is -3.06. The summed E-state index contributed by atoms with van der Waals surface area (Å²) in [6.07, 6.45) is 0.701. The monoisotopic (exact) mass is 400 g/mol. The SMILES string of the molecule is CCCn1nc(C(=O)N/N=C(/C)c2ccc(F)cc2Cl)c2ccccc2c1=O. The average molecular weight is 401 g/mol. The smallest absolute Gasteiger partial charge is 0.267 e. The number of hydrazone groups is 1. The number of hydrogen-bond acceptors (Lipinski definition) is 4. The number of aryl methyl sites for hydroxylation is 1. The van der Waals surface area contributed by atoms with Crippen LogP contribution in [0.1, 0.15) is 36.3 Å². The number of benzene rings is 2. The van der Waals surface area contributed by atoms with E-state index < -0.39 is 11.7 Å². The number of halogens is 2. The lowest BCUT2D eigenvalue weighted by Gasteiger charge is -2.10. The molecule has 0 aliphatic rings. The van der Waals surface area contributed by atoms with Gasteiger partial charge in [-0.05, 0) is 37.6 Å². The van der Waals surface area contributed by atoms with Gasteiger partial charge in [-0.15, -0.1) is 0 Å². The van der Waals surface area contributed by atoms with Crippen molar-refractivity contribution in [3.8, 4) is 0 Å². The summed E-state index contributed by atoms with van der Waals surface area (Å²) in [6, 6.07) is 10.7. The molecule has 0 aliphatic heterocycles. The van der Waals surface area contributed by atoms with E-state index in [-0.39, 0.29) is 16.3 Å². The van der Waals surface area contributed by atoms with Crippen LogP contribution >= 0.6 is 11.6 Å². The van der Waals surface area contributed by atoms with Gasteiger partial charge in [-0.2, -0.15) is 10.2 Å². The number of nitrogens with zero attached hydrogens (tertiary/aromatic N) is 3. The molecule has 3 rings (SSSR count). The van der Waals surface area contributed by atoms with E-state index in [9.17, 15) is 14.0 Å². The van der Waals surface area contributed by atoms with Crippen molar-refractivity contribution >= 4 is 34.0 Å². The third-order valence-electron chi connectivity index (χ3n) is 4.16. The molecule has 0 saturated carbocycles. The van der Waals surface area contributed by atoms with E-state index in [4.69, 9.17) is 11.6 Å². The number of carbonyl (C=O) groups is 1. The number of nitrogens with one attached hydrogen (secondary N) is 1. The third-order valence-corrected chi connectivity index (χ3v) is 4.48. The summed E-state index contributed by atoms with van der Waals surface area (Å²) >= 11 is 6.02. The summed E-state index contributed by atoms with van der Waals surface area (Å²) in [4.78, 5) is 25.2. The lowest BCUT2D eigenvalue weighted by Crippen LogP contribution is -2.29. The van der Waals surface area contributed by atoms with Crippen LogP contribution in [-0.2, 0) is 6.54 Å². The Bertz CT molecular complexity index is 1140. The molecule has 0 bridgehead atoms. The molecular formula is C20H18ClFN4O2. The van der Waals surface area contributed by atoms with Crippen molar-refractivity contribution in [2.75, 3.05) is 0 Å². The number of hydrogen-bond donors (Lipinski definition) is 1. The maximum Gasteiger partial charge on any atom is 0.292 e. The van der Waals surface area contributed by atoms with Crippen molar-refractivity contribution in [3.05, 3.63) is 74.9 Å². The van der Waals surface area contributed by atoms with Gasteiger partial charge in [0.1, 0.15) is 5.82 Å². The van der Waals surface area contributed by atoms with Gasteiger partial charge in [0.05, 0.1) is 16.1 Å². The predicted octanol–water partition coefficient (Wildman–Crippen LogP) is 3.75. The highest BCUT2D eigenvalue weighted by Crippen LogP contribution is 2.18. The minimum atomic E-state index is -0.557. The fraction of sp³-hybridized carbons (Fsp3) is 0.200. The standard InChI is InChI=1S/C20H18ClFN4O2/c1-3-10-26-20(28)16-7-5-4-6-15(16)18(25-26)19(27)24-23-12(2)14-9-8-13(22)11-17(14)21/h4-9,11H,3,10H2,1-2H3,(H,24,27)/b23-12-. The number of carbonyl (C=O) groups excluding carboxylic acids is 1. The number of rotatable bonds is 5. The first kappa shape index (κ1) is 19.7. The first-order chi connectivity index (χ1) is 13.4. The van der Waals surface area contributed by atoms with Crippen molar-refractivity contribution in [1.82, 2.24) is 15.2 Å². The molecule has 0 spiro atoms. The van der Waals surface area contributed by atoms with Crippen LogP contribution in [0, 0.1) is 5.82 Å². The van der Waals surface area contributed by atoms with Gasteiger partial charge in [-0.25, -0.2) is 14.5 Å². The minimum Gasteiger partial charge on any atom is -0.267 e. The zero-order valence-corrected chi connectivity index (χ0v) is 16.1. The molecule has 3 aromatic rings. The van der Waals surface area contributed by atoms with Crippen molar-refractivity contribution in [2.45, 2.75) is 26.8 Å². The first-order valence-electron chi connectivity index (χ1n) is 8.72. The van der Waals surface area contributed by atoms with Gasteiger partial charge in [0.2, 0.25) is 0 Å². The maximum atomic E-state index is 13.2. The van der Waals surface area contributed by atoms with E-state index >= 15 is 0 Å². The lowest BCUT2D eigenvalue weighted by atomic mass is 10.1. The molecular weight excluding hydrogens is 383 g/mol. The molecule has 28 heavy (non-hydrogen) atoms. The van der Waals surface area contributed by atoms with Crippen LogP contribution in [0.25, 0.3) is 10.8 Å². The summed E-state index contributed by atoms with van der Waals surface area (Å²) in [5.74, 6) is -1.02. The number of amides is 1. The Morgan fingerprint density at radius 2 is 1.96 bits per heavy atom. The summed E-state index contributed by atoms with van der Waals surface area (Å²) < 4.78 is 14.5. The van der Waals surface area contributed by atoms with E-state index in [0.717, 1.165) is 0 Å². The maximum absolute atomic E-state index is 13.2. The fourth-order valence-corrected chi connectivity index (χ4v) is 3.10. The Morgan fingerprint density at radius 1 is 1.25 bits per heavy atom. The largest absolute Gasteiger partial charge is 0.292 e. The predicted molar refractivity (Wildman–Crippen MR) is 107 cm³/mol. The molecule has 0 unspecified atom stereocenters. The van der Waals surface area contributed by atoms with Crippen LogP contribution in [0.2, 0.25) is 5.02 Å². The summed E-state index contributed by atoms with van der Waals surface area (Å²) in [5, 5.41) is 9.32.